The molecule has 0 saturated heterocycles. The van der Waals surface area contributed by atoms with Crippen LogP contribution in [0.5, 0.6) is 0 Å². The third-order valence-electron chi connectivity index (χ3n) is 7.77. The standard InChI is InChI=1S/C35H34N4O3/c1-23(40)24-11-13-25(14-12-24)29-19-20-30-36-31(32(39(30)38-29)27-9-6-5-7-10-27)26-15-17-28(18-16-26)35(21-8-22-35)37-33(41)42-34(2,3)4/h5-7,9-20H,8,21-22H2,1-4H3,(H,37,41). The number of nitrogens with zero attached hydrogens (tertiary/aromatic N) is 3. The quantitative estimate of drug-likeness (QED) is 0.215. The van der Waals surface area contributed by atoms with E-state index in [0.717, 1.165) is 64.2 Å². The fraction of sp³-hybridized carbons (Fsp3) is 0.257. The Bertz CT molecular complexity index is 1760. The van der Waals surface area contributed by atoms with Crippen molar-refractivity contribution in [2.75, 3.05) is 0 Å². The molecule has 0 spiro atoms. The SMILES string of the molecule is CC(=O)c1ccc(-c2ccc3nc(-c4ccc(C5(NC(=O)OC(C)(C)C)CCC5)cc4)c(-c4ccccc4)n3n2)cc1. The third kappa shape index (κ3) is 5.30. The Morgan fingerprint density at radius 3 is 2.10 bits per heavy atom. The van der Waals surface area contributed by atoms with E-state index in [1.807, 2.05) is 79.9 Å². The smallest absolute Gasteiger partial charge is 0.408 e. The lowest BCUT2D eigenvalue weighted by molar-refractivity contribution is 0.0377. The molecule has 0 atom stereocenters. The first-order chi connectivity index (χ1) is 20.1. The average molecular weight is 559 g/mol. The van der Waals surface area contributed by atoms with Gasteiger partial charge < -0.3 is 10.1 Å². The molecule has 3 aromatic carbocycles. The van der Waals surface area contributed by atoms with Crippen LogP contribution in [0.3, 0.4) is 0 Å². The molecule has 5 aromatic rings. The Labute approximate surface area is 245 Å². The molecule has 2 heterocycles. The summed E-state index contributed by atoms with van der Waals surface area (Å²) in [6.45, 7) is 7.18. The van der Waals surface area contributed by atoms with Gasteiger partial charge in [0.1, 0.15) is 11.3 Å². The normalized spacial score (nSPS) is 14.3. The summed E-state index contributed by atoms with van der Waals surface area (Å²) < 4.78 is 7.45. The van der Waals surface area contributed by atoms with Crippen LogP contribution in [-0.2, 0) is 10.3 Å². The number of carbonyl (C=O) groups excluding carboxylic acids is 2. The van der Waals surface area contributed by atoms with Crippen LogP contribution in [0.2, 0.25) is 0 Å². The number of benzene rings is 3. The Hall–Kier alpha value is -4.78. The van der Waals surface area contributed by atoms with Gasteiger partial charge in [-0.1, -0.05) is 78.9 Å². The second-order valence-electron chi connectivity index (χ2n) is 11.9. The molecule has 42 heavy (non-hydrogen) atoms. The van der Waals surface area contributed by atoms with Gasteiger partial charge in [-0.15, -0.1) is 0 Å². The highest BCUT2D eigenvalue weighted by atomic mass is 16.6. The van der Waals surface area contributed by atoms with Gasteiger partial charge in [-0.25, -0.2) is 14.3 Å². The van der Waals surface area contributed by atoms with Gasteiger partial charge in [0.05, 0.1) is 16.9 Å². The number of aromatic nitrogens is 3. The molecular formula is C35H34N4O3. The van der Waals surface area contributed by atoms with Gasteiger partial charge in [0.2, 0.25) is 0 Å². The topological polar surface area (TPSA) is 85.6 Å². The maximum atomic E-state index is 12.6. The second kappa shape index (κ2) is 10.6. The van der Waals surface area contributed by atoms with Gasteiger partial charge in [0.15, 0.2) is 11.4 Å². The van der Waals surface area contributed by atoms with E-state index in [-0.39, 0.29) is 5.78 Å². The Morgan fingerprint density at radius 2 is 1.50 bits per heavy atom. The number of fused-ring (bicyclic) bond motifs is 1. The molecule has 0 radical (unpaired) electrons. The van der Waals surface area contributed by atoms with Gasteiger partial charge in [-0.3, -0.25) is 4.79 Å². The molecule has 0 aliphatic heterocycles. The lowest BCUT2D eigenvalue weighted by atomic mass is 9.71. The van der Waals surface area contributed by atoms with E-state index in [0.29, 0.717) is 5.56 Å². The fourth-order valence-electron chi connectivity index (χ4n) is 5.48. The number of carbonyl (C=O) groups is 2. The van der Waals surface area contributed by atoms with Crippen molar-refractivity contribution in [1.29, 1.82) is 0 Å². The minimum absolute atomic E-state index is 0.0328. The Balaban J connectivity index is 1.39. The maximum absolute atomic E-state index is 12.6. The molecule has 1 N–H and O–H groups in total. The van der Waals surface area contributed by atoms with Gasteiger partial charge >= 0.3 is 6.09 Å². The molecule has 0 unspecified atom stereocenters. The number of amides is 1. The summed E-state index contributed by atoms with van der Waals surface area (Å²) in [6.07, 6.45) is 2.40. The lowest BCUT2D eigenvalue weighted by Crippen LogP contribution is -2.52. The van der Waals surface area contributed by atoms with Crippen molar-refractivity contribution < 1.29 is 14.3 Å². The van der Waals surface area contributed by atoms with Crippen molar-refractivity contribution in [3.05, 3.63) is 102 Å². The number of alkyl carbamates (subject to hydrolysis) is 1. The first-order valence-corrected chi connectivity index (χ1v) is 14.3. The van der Waals surface area contributed by atoms with Gasteiger partial charge in [0, 0.05) is 22.3 Å². The van der Waals surface area contributed by atoms with Crippen LogP contribution < -0.4 is 5.32 Å². The van der Waals surface area contributed by atoms with Crippen molar-refractivity contribution in [3.63, 3.8) is 0 Å². The fourth-order valence-corrected chi connectivity index (χ4v) is 5.48. The first-order valence-electron chi connectivity index (χ1n) is 14.3. The predicted octanol–water partition coefficient (Wildman–Crippen LogP) is 7.84. The Morgan fingerprint density at radius 1 is 0.833 bits per heavy atom. The van der Waals surface area contributed by atoms with E-state index in [1.165, 1.54) is 0 Å². The zero-order valence-corrected chi connectivity index (χ0v) is 24.3. The summed E-state index contributed by atoms with van der Waals surface area (Å²) >= 11 is 0. The van der Waals surface area contributed by atoms with Crippen LogP contribution in [0.1, 0.15) is 62.9 Å². The maximum Gasteiger partial charge on any atom is 0.408 e. The zero-order chi connectivity index (χ0) is 29.5. The van der Waals surface area contributed by atoms with Crippen molar-refractivity contribution in [2.45, 2.75) is 58.1 Å². The molecule has 7 heteroatoms. The number of Topliss-reactive ketones (excluding diaryl/α,β-unsaturated/α-hetero) is 1. The number of ether oxygens (including phenoxy) is 1. The molecule has 1 aliphatic carbocycles. The Kier molecular flexibility index (Phi) is 6.89. The highest BCUT2D eigenvalue weighted by molar-refractivity contribution is 5.94. The van der Waals surface area contributed by atoms with E-state index < -0.39 is 17.2 Å². The summed E-state index contributed by atoms with van der Waals surface area (Å²) in [6, 6.07) is 29.9. The van der Waals surface area contributed by atoms with Gasteiger partial charge in [0.25, 0.3) is 0 Å². The molecule has 212 valence electrons. The lowest BCUT2D eigenvalue weighted by Gasteiger charge is -2.43. The number of nitrogens with one attached hydrogen (secondary N) is 1. The molecular weight excluding hydrogens is 524 g/mol. The number of rotatable bonds is 6. The van der Waals surface area contributed by atoms with Gasteiger partial charge in [-0.2, -0.15) is 5.10 Å². The second-order valence-corrected chi connectivity index (χ2v) is 11.9. The van der Waals surface area contributed by atoms with E-state index in [4.69, 9.17) is 14.8 Å². The highest BCUT2D eigenvalue weighted by Crippen LogP contribution is 2.42. The van der Waals surface area contributed by atoms with Crippen LogP contribution in [-0.4, -0.2) is 32.1 Å². The predicted molar refractivity (Wildman–Crippen MR) is 164 cm³/mol. The van der Waals surface area contributed by atoms with Crippen molar-refractivity contribution in [3.8, 4) is 33.8 Å². The molecule has 6 rings (SSSR count). The zero-order valence-electron chi connectivity index (χ0n) is 24.3. The molecule has 0 bridgehead atoms. The largest absolute Gasteiger partial charge is 0.444 e. The van der Waals surface area contributed by atoms with Crippen LogP contribution in [0.15, 0.2) is 91.0 Å². The molecule has 1 amide bonds. The van der Waals surface area contributed by atoms with Crippen molar-refractivity contribution >= 4 is 17.5 Å². The summed E-state index contributed by atoms with van der Waals surface area (Å²) in [5.74, 6) is 0.0328. The summed E-state index contributed by atoms with van der Waals surface area (Å²) in [7, 11) is 0. The monoisotopic (exact) mass is 558 g/mol. The van der Waals surface area contributed by atoms with Crippen LogP contribution in [0.4, 0.5) is 4.79 Å². The summed E-state index contributed by atoms with van der Waals surface area (Å²) in [5, 5.41) is 8.13. The molecule has 2 aromatic heterocycles. The molecule has 1 saturated carbocycles. The van der Waals surface area contributed by atoms with Crippen LogP contribution in [0, 0.1) is 0 Å². The van der Waals surface area contributed by atoms with Crippen molar-refractivity contribution in [2.24, 2.45) is 0 Å². The van der Waals surface area contributed by atoms with Crippen LogP contribution in [0.25, 0.3) is 39.4 Å². The minimum Gasteiger partial charge on any atom is -0.444 e. The minimum atomic E-state index is -0.554. The highest BCUT2D eigenvalue weighted by Gasteiger charge is 2.41. The number of hydrogen-bond acceptors (Lipinski definition) is 5. The number of ketones is 1. The molecule has 7 nitrogen and oxygen atoms in total. The van der Waals surface area contributed by atoms with E-state index in [2.05, 4.69) is 41.7 Å². The molecule has 1 aliphatic rings. The molecule has 1 fully saturated rings. The summed E-state index contributed by atoms with van der Waals surface area (Å²) in [5.41, 5.74) is 6.88. The third-order valence-corrected chi connectivity index (χ3v) is 7.77. The van der Waals surface area contributed by atoms with E-state index in [1.54, 1.807) is 6.92 Å². The summed E-state index contributed by atoms with van der Waals surface area (Å²) in [4.78, 5) is 29.4. The first kappa shape index (κ1) is 27.4. The van der Waals surface area contributed by atoms with Crippen LogP contribution >= 0.6 is 0 Å². The van der Waals surface area contributed by atoms with Gasteiger partial charge in [-0.05, 0) is 64.7 Å². The van der Waals surface area contributed by atoms with E-state index >= 15 is 0 Å². The number of imidazole rings is 1. The number of hydrogen-bond donors (Lipinski definition) is 1. The van der Waals surface area contributed by atoms with E-state index in [9.17, 15) is 9.59 Å². The van der Waals surface area contributed by atoms with Crippen molar-refractivity contribution in [1.82, 2.24) is 19.9 Å². The average Bonchev–Trinajstić information content (AvgIpc) is 3.33.